The van der Waals surface area contributed by atoms with Crippen molar-refractivity contribution in [1.29, 1.82) is 0 Å². The fraction of sp³-hybridized carbons (Fsp3) is 0.273. The molecule has 1 saturated heterocycles. The van der Waals surface area contributed by atoms with Crippen molar-refractivity contribution in [3.63, 3.8) is 0 Å². The van der Waals surface area contributed by atoms with Crippen LogP contribution in [0.1, 0.15) is 6.42 Å². The first-order valence-electron chi connectivity index (χ1n) is 5.43. The lowest BCUT2D eigenvalue weighted by Gasteiger charge is -2.16. The van der Waals surface area contributed by atoms with Crippen LogP contribution in [0.25, 0.3) is 0 Å². The van der Waals surface area contributed by atoms with E-state index in [9.17, 15) is 19.7 Å². The zero-order valence-corrected chi connectivity index (χ0v) is 10.5. The summed E-state index contributed by atoms with van der Waals surface area (Å²) in [6, 6.07) is 3.98. The number of halogens is 1. The van der Waals surface area contributed by atoms with E-state index in [0.717, 1.165) is 0 Å². The molecule has 1 heterocycles. The van der Waals surface area contributed by atoms with Gasteiger partial charge in [0.2, 0.25) is 11.8 Å². The van der Waals surface area contributed by atoms with E-state index >= 15 is 0 Å². The van der Waals surface area contributed by atoms with Gasteiger partial charge in [0.15, 0.2) is 0 Å². The number of nitro groups is 1. The standard InChI is InChI=1S/C11H10ClN3O4/c12-8-4-7(1-2-9(8)15(18)19)14-5-6(11(13)17)3-10(14)16/h1-2,4,6H,3,5H2,(H2,13,17). The lowest BCUT2D eigenvalue weighted by molar-refractivity contribution is -0.384. The molecule has 0 bridgehead atoms. The van der Waals surface area contributed by atoms with Crippen molar-refractivity contribution in [1.82, 2.24) is 0 Å². The maximum atomic E-state index is 11.8. The van der Waals surface area contributed by atoms with Crippen LogP contribution in [0.2, 0.25) is 5.02 Å². The van der Waals surface area contributed by atoms with Gasteiger partial charge in [0.25, 0.3) is 5.69 Å². The summed E-state index contributed by atoms with van der Waals surface area (Å²) in [5, 5.41) is 10.6. The number of hydrogen-bond donors (Lipinski definition) is 1. The quantitative estimate of drug-likeness (QED) is 0.661. The highest BCUT2D eigenvalue weighted by molar-refractivity contribution is 6.33. The number of rotatable bonds is 3. The van der Waals surface area contributed by atoms with Crippen LogP contribution in [-0.4, -0.2) is 23.3 Å². The molecule has 1 aliphatic heterocycles. The predicted octanol–water partition coefficient (Wildman–Crippen LogP) is 1.09. The van der Waals surface area contributed by atoms with Crippen LogP contribution in [-0.2, 0) is 9.59 Å². The molecule has 2 amide bonds. The van der Waals surface area contributed by atoms with E-state index in [1.165, 1.54) is 23.1 Å². The Kier molecular flexibility index (Phi) is 3.39. The van der Waals surface area contributed by atoms with E-state index in [1.807, 2.05) is 0 Å². The van der Waals surface area contributed by atoms with Crippen LogP contribution >= 0.6 is 11.6 Å². The molecule has 0 saturated carbocycles. The molecule has 1 aliphatic rings. The van der Waals surface area contributed by atoms with E-state index in [2.05, 4.69) is 0 Å². The number of carbonyl (C=O) groups excluding carboxylic acids is 2. The molecule has 0 aromatic heterocycles. The SMILES string of the molecule is NC(=O)C1CC(=O)N(c2ccc([N+](=O)[O-])c(Cl)c2)C1. The molecular formula is C11H10ClN3O4. The van der Waals surface area contributed by atoms with Crippen LogP contribution in [0.5, 0.6) is 0 Å². The van der Waals surface area contributed by atoms with Crippen molar-refractivity contribution < 1.29 is 14.5 Å². The number of anilines is 1. The van der Waals surface area contributed by atoms with Crippen LogP contribution in [0, 0.1) is 16.0 Å². The summed E-state index contributed by atoms with van der Waals surface area (Å²) < 4.78 is 0. The lowest BCUT2D eigenvalue weighted by Crippen LogP contribution is -2.28. The van der Waals surface area contributed by atoms with Crippen LogP contribution in [0.3, 0.4) is 0 Å². The van der Waals surface area contributed by atoms with Crippen molar-refractivity contribution in [2.24, 2.45) is 11.7 Å². The number of nitrogens with zero attached hydrogens (tertiary/aromatic N) is 2. The van der Waals surface area contributed by atoms with Gasteiger partial charge in [-0.25, -0.2) is 0 Å². The van der Waals surface area contributed by atoms with Crippen LogP contribution < -0.4 is 10.6 Å². The fourth-order valence-electron chi connectivity index (χ4n) is 1.96. The summed E-state index contributed by atoms with van der Waals surface area (Å²) in [7, 11) is 0. The number of nitro benzene ring substituents is 1. The van der Waals surface area contributed by atoms with E-state index in [1.54, 1.807) is 0 Å². The number of carbonyl (C=O) groups is 2. The van der Waals surface area contributed by atoms with Gasteiger partial charge >= 0.3 is 0 Å². The minimum atomic E-state index is -0.607. The maximum Gasteiger partial charge on any atom is 0.288 e. The first-order chi connectivity index (χ1) is 8.90. The fourth-order valence-corrected chi connectivity index (χ4v) is 2.20. The molecule has 1 unspecified atom stereocenters. The van der Waals surface area contributed by atoms with Crippen LogP contribution in [0.15, 0.2) is 18.2 Å². The average molecular weight is 284 g/mol. The summed E-state index contributed by atoms with van der Waals surface area (Å²) in [4.78, 5) is 34.2. The minimum absolute atomic E-state index is 0.0456. The Balaban J connectivity index is 2.28. The molecule has 0 aliphatic carbocycles. The molecule has 2 N–H and O–H groups in total. The van der Waals surface area contributed by atoms with Gasteiger partial charge in [-0.1, -0.05) is 11.6 Å². The second kappa shape index (κ2) is 4.85. The van der Waals surface area contributed by atoms with Crippen molar-refractivity contribution in [3.8, 4) is 0 Å². The Morgan fingerprint density at radius 2 is 2.21 bits per heavy atom. The molecule has 1 aromatic rings. The highest BCUT2D eigenvalue weighted by atomic mass is 35.5. The molecule has 1 fully saturated rings. The van der Waals surface area contributed by atoms with Gasteiger partial charge < -0.3 is 10.6 Å². The van der Waals surface area contributed by atoms with Gasteiger partial charge in [0.1, 0.15) is 5.02 Å². The molecule has 0 spiro atoms. The molecule has 1 atom stereocenters. The van der Waals surface area contributed by atoms with Crippen molar-refractivity contribution in [2.45, 2.75) is 6.42 Å². The monoisotopic (exact) mass is 283 g/mol. The normalized spacial score (nSPS) is 18.7. The third-order valence-electron chi connectivity index (χ3n) is 2.97. The van der Waals surface area contributed by atoms with Gasteiger partial charge in [-0.05, 0) is 12.1 Å². The van der Waals surface area contributed by atoms with Crippen molar-refractivity contribution in [2.75, 3.05) is 11.4 Å². The zero-order chi connectivity index (χ0) is 14.2. The number of nitrogens with two attached hydrogens (primary N) is 1. The first kappa shape index (κ1) is 13.3. The molecule has 8 heteroatoms. The van der Waals surface area contributed by atoms with Crippen molar-refractivity contribution in [3.05, 3.63) is 33.3 Å². The Morgan fingerprint density at radius 1 is 1.53 bits per heavy atom. The molecule has 0 radical (unpaired) electrons. The lowest BCUT2D eigenvalue weighted by atomic mass is 10.1. The summed E-state index contributed by atoms with van der Waals surface area (Å²) in [6.45, 7) is 0.169. The maximum absolute atomic E-state index is 11.8. The predicted molar refractivity (Wildman–Crippen MR) is 67.8 cm³/mol. The molecule has 7 nitrogen and oxygen atoms in total. The number of amides is 2. The topological polar surface area (TPSA) is 107 Å². The van der Waals surface area contributed by atoms with Crippen molar-refractivity contribution >= 4 is 34.8 Å². The third-order valence-corrected chi connectivity index (χ3v) is 3.27. The van der Waals surface area contributed by atoms with E-state index < -0.39 is 16.7 Å². The Labute approximate surface area is 113 Å². The molecular weight excluding hydrogens is 274 g/mol. The minimum Gasteiger partial charge on any atom is -0.369 e. The Morgan fingerprint density at radius 3 is 2.68 bits per heavy atom. The van der Waals surface area contributed by atoms with E-state index in [4.69, 9.17) is 17.3 Å². The molecule has 2 rings (SSSR count). The number of primary amides is 1. The second-order valence-electron chi connectivity index (χ2n) is 4.20. The highest BCUT2D eigenvalue weighted by Gasteiger charge is 2.34. The van der Waals surface area contributed by atoms with Gasteiger partial charge in [-0.3, -0.25) is 19.7 Å². The third kappa shape index (κ3) is 2.50. The van der Waals surface area contributed by atoms with Gasteiger partial charge in [-0.2, -0.15) is 0 Å². The Bertz CT molecular complexity index is 575. The molecule has 19 heavy (non-hydrogen) atoms. The molecule has 1 aromatic carbocycles. The first-order valence-corrected chi connectivity index (χ1v) is 5.81. The summed E-state index contributed by atoms with van der Waals surface area (Å²) in [5.41, 5.74) is 5.35. The largest absolute Gasteiger partial charge is 0.369 e. The number of hydrogen-bond acceptors (Lipinski definition) is 4. The summed E-state index contributed by atoms with van der Waals surface area (Å²) in [5.74, 6) is -1.33. The average Bonchev–Trinajstić information content (AvgIpc) is 2.71. The van der Waals surface area contributed by atoms with E-state index in [-0.39, 0.29) is 29.6 Å². The summed E-state index contributed by atoms with van der Waals surface area (Å²) in [6.07, 6.45) is 0.0456. The van der Waals surface area contributed by atoms with Crippen LogP contribution in [0.4, 0.5) is 11.4 Å². The van der Waals surface area contributed by atoms with E-state index in [0.29, 0.717) is 5.69 Å². The summed E-state index contributed by atoms with van der Waals surface area (Å²) >= 11 is 5.78. The smallest absolute Gasteiger partial charge is 0.288 e. The molecule has 100 valence electrons. The highest BCUT2D eigenvalue weighted by Crippen LogP contribution is 2.32. The second-order valence-corrected chi connectivity index (χ2v) is 4.61. The number of benzene rings is 1. The Hall–Kier alpha value is -2.15. The van der Waals surface area contributed by atoms with Gasteiger partial charge in [0.05, 0.1) is 10.8 Å². The zero-order valence-electron chi connectivity index (χ0n) is 9.71. The van der Waals surface area contributed by atoms with Gasteiger partial charge in [-0.15, -0.1) is 0 Å². The van der Waals surface area contributed by atoms with Gasteiger partial charge in [0, 0.05) is 24.7 Å².